The number of aliphatic hydroxyl groups excluding tert-OH is 1. The zero-order chi connectivity index (χ0) is 15.7. The highest BCUT2D eigenvalue weighted by atomic mass is 16.3. The molecule has 2 heteroatoms. The molecule has 0 aromatic heterocycles. The maximum absolute atomic E-state index is 12.3. The molecule has 1 N–H and O–H groups in total. The third-order valence-corrected chi connectivity index (χ3v) is 6.89. The molecule has 3 aliphatic carbocycles. The van der Waals surface area contributed by atoms with E-state index in [0.29, 0.717) is 11.7 Å². The van der Waals surface area contributed by atoms with E-state index < -0.39 is 0 Å². The fourth-order valence-corrected chi connectivity index (χ4v) is 5.48. The smallest absolute Gasteiger partial charge is 0.139 e. The Hall–Kier alpha value is -0.630. The van der Waals surface area contributed by atoms with Crippen LogP contribution in [0.25, 0.3) is 0 Å². The van der Waals surface area contributed by atoms with E-state index >= 15 is 0 Å². The van der Waals surface area contributed by atoms with Crippen LogP contribution in [-0.2, 0) is 4.79 Å². The van der Waals surface area contributed by atoms with Crippen molar-refractivity contribution in [1.82, 2.24) is 0 Å². The van der Waals surface area contributed by atoms with Gasteiger partial charge in [0.2, 0.25) is 0 Å². The maximum atomic E-state index is 12.3. The lowest BCUT2D eigenvalue weighted by molar-refractivity contribution is -0.129. The first kappa shape index (κ1) is 16.2. The Morgan fingerprint density at radius 1 is 1.41 bits per heavy atom. The van der Waals surface area contributed by atoms with Gasteiger partial charge in [-0.25, -0.2) is 0 Å². The van der Waals surface area contributed by atoms with Crippen molar-refractivity contribution in [3.8, 4) is 0 Å². The van der Waals surface area contributed by atoms with Crippen molar-refractivity contribution in [2.24, 2.45) is 23.2 Å². The summed E-state index contributed by atoms with van der Waals surface area (Å²) in [5.41, 5.74) is 1.48. The summed E-state index contributed by atoms with van der Waals surface area (Å²) in [5, 5.41) is 10.2. The molecule has 2 fully saturated rings. The quantitative estimate of drug-likeness (QED) is 0.750. The molecule has 0 aromatic rings. The highest BCUT2D eigenvalue weighted by Gasteiger charge is 2.53. The van der Waals surface area contributed by atoms with Crippen LogP contribution in [0.4, 0.5) is 0 Å². The van der Waals surface area contributed by atoms with E-state index in [-0.39, 0.29) is 11.5 Å². The molecule has 124 valence electrons. The van der Waals surface area contributed by atoms with Crippen LogP contribution in [-0.4, -0.2) is 17.0 Å². The van der Waals surface area contributed by atoms with Gasteiger partial charge in [0.25, 0.3) is 0 Å². The van der Waals surface area contributed by atoms with E-state index in [1.165, 1.54) is 18.4 Å². The maximum Gasteiger partial charge on any atom is 0.139 e. The SMILES string of the molecule is CCCC[C@H](O)CC1=CC[C@@H]2[C@H](CC[C@]3(C)C(=O)CC[C@@H]23)C1. The van der Waals surface area contributed by atoms with Gasteiger partial charge in [0.1, 0.15) is 5.78 Å². The summed E-state index contributed by atoms with van der Waals surface area (Å²) < 4.78 is 0. The van der Waals surface area contributed by atoms with Crippen LogP contribution in [0.5, 0.6) is 0 Å². The molecule has 3 rings (SSSR count). The van der Waals surface area contributed by atoms with Gasteiger partial charge in [0.05, 0.1) is 6.10 Å². The largest absolute Gasteiger partial charge is 0.393 e. The monoisotopic (exact) mass is 304 g/mol. The van der Waals surface area contributed by atoms with E-state index in [2.05, 4.69) is 19.9 Å². The third kappa shape index (κ3) is 2.91. The molecule has 22 heavy (non-hydrogen) atoms. The highest BCUT2D eigenvalue weighted by Crippen LogP contribution is 2.57. The van der Waals surface area contributed by atoms with Gasteiger partial charge in [-0.2, -0.15) is 0 Å². The molecule has 0 aromatic carbocycles. The number of fused-ring (bicyclic) bond motifs is 3. The van der Waals surface area contributed by atoms with Gasteiger partial charge in [0, 0.05) is 11.8 Å². The Morgan fingerprint density at radius 2 is 2.23 bits per heavy atom. The zero-order valence-electron chi connectivity index (χ0n) is 14.3. The number of carbonyl (C=O) groups excluding carboxylic acids is 1. The number of Topliss-reactive ketones (excluding diaryl/α,β-unsaturated/α-hetero) is 1. The molecule has 0 radical (unpaired) electrons. The topological polar surface area (TPSA) is 37.3 Å². The number of unbranched alkanes of at least 4 members (excludes halogenated alkanes) is 1. The molecule has 5 atom stereocenters. The third-order valence-electron chi connectivity index (χ3n) is 6.89. The van der Waals surface area contributed by atoms with Gasteiger partial charge < -0.3 is 5.11 Å². The molecular formula is C20H32O2. The van der Waals surface area contributed by atoms with E-state index in [4.69, 9.17) is 0 Å². The molecule has 3 aliphatic rings. The van der Waals surface area contributed by atoms with Crippen molar-refractivity contribution in [3.63, 3.8) is 0 Å². The summed E-state index contributed by atoms with van der Waals surface area (Å²) in [7, 11) is 0. The van der Waals surface area contributed by atoms with Crippen molar-refractivity contribution in [1.29, 1.82) is 0 Å². The molecule has 2 nitrogen and oxygen atoms in total. The van der Waals surface area contributed by atoms with Crippen molar-refractivity contribution in [2.75, 3.05) is 0 Å². The second kappa shape index (κ2) is 6.47. The second-order valence-corrected chi connectivity index (χ2v) is 8.25. The number of aliphatic hydroxyl groups is 1. The van der Waals surface area contributed by atoms with Gasteiger partial charge in [-0.15, -0.1) is 0 Å². The van der Waals surface area contributed by atoms with Gasteiger partial charge in [-0.3, -0.25) is 4.79 Å². The molecule has 0 unspecified atom stereocenters. The first-order valence-electron chi connectivity index (χ1n) is 9.44. The predicted octanol–water partition coefficient (Wildman–Crippen LogP) is 4.66. The van der Waals surface area contributed by atoms with Crippen molar-refractivity contribution in [3.05, 3.63) is 11.6 Å². The lowest BCUT2D eigenvalue weighted by atomic mass is 9.57. The van der Waals surface area contributed by atoms with Crippen molar-refractivity contribution >= 4 is 5.78 Å². The van der Waals surface area contributed by atoms with Crippen LogP contribution in [0.3, 0.4) is 0 Å². The Bertz CT molecular complexity index is 453. The van der Waals surface area contributed by atoms with Gasteiger partial charge >= 0.3 is 0 Å². The van der Waals surface area contributed by atoms with Crippen molar-refractivity contribution in [2.45, 2.75) is 84.2 Å². The zero-order valence-corrected chi connectivity index (χ0v) is 14.3. The molecule has 0 amide bonds. The van der Waals surface area contributed by atoms with Crippen LogP contribution in [0.15, 0.2) is 11.6 Å². The first-order valence-corrected chi connectivity index (χ1v) is 9.44. The minimum absolute atomic E-state index is 0.00680. The lowest BCUT2D eigenvalue weighted by Crippen LogP contribution is -2.42. The fraction of sp³-hybridized carbons (Fsp3) is 0.850. The summed E-state index contributed by atoms with van der Waals surface area (Å²) in [6.45, 7) is 4.41. The molecule has 0 heterocycles. The van der Waals surface area contributed by atoms with Crippen molar-refractivity contribution < 1.29 is 9.90 Å². The number of hydrogen-bond donors (Lipinski definition) is 1. The van der Waals surface area contributed by atoms with Crippen LogP contribution >= 0.6 is 0 Å². The number of ketones is 1. The first-order chi connectivity index (χ1) is 10.5. The van der Waals surface area contributed by atoms with E-state index in [1.807, 2.05) is 0 Å². The summed E-state index contributed by atoms with van der Waals surface area (Å²) in [6.07, 6.45) is 12.9. The number of carbonyl (C=O) groups is 1. The summed E-state index contributed by atoms with van der Waals surface area (Å²) in [6, 6.07) is 0. The summed E-state index contributed by atoms with van der Waals surface area (Å²) in [4.78, 5) is 12.3. The number of hydrogen-bond acceptors (Lipinski definition) is 2. The molecule has 0 saturated heterocycles. The highest BCUT2D eigenvalue weighted by molar-refractivity contribution is 5.87. The van der Waals surface area contributed by atoms with Gasteiger partial charge in [0.15, 0.2) is 0 Å². The predicted molar refractivity (Wildman–Crippen MR) is 89.5 cm³/mol. The average molecular weight is 304 g/mol. The van der Waals surface area contributed by atoms with E-state index in [0.717, 1.165) is 63.2 Å². The molecule has 0 aliphatic heterocycles. The molecule has 2 saturated carbocycles. The standard InChI is InChI=1S/C20H32O2/c1-3-4-5-16(21)13-14-6-7-17-15(12-14)10-11-20(2)18(17)8-9-19(20)22/h6,15-18,21H,3-5,7-13H2,1-2H3/t15-,16+,17-,18+,20+/m1/s1. The van der Waals surface area contributed by atoms with Crippen LogP contribution in [0.2, 0.25) is 0 Å². The van der Waals surface area contributed by atoms with Crippen LogP contribution < -0.4 is 0 Å². The Balaban J connectivity index is 1.63. The molecule has 0 spiro atoms. The Labute approximate surface area is 135 Å². The molecule has 0 bridgehead atoms. The van der Waals surface area contributed by atoms with E-state index in [9.17, 15) is 9.90 Å². The van der Waals surface area contributed by atoms with E-state index in [1.54, 1.807) is 0 Å². The molecular weight excluding hydrogens is 272 g/mol. The Morgan fingerprint density at radius 3 is 3.00 bits per heavy atom. The van der Waals surface area contributed by atoms with Crippen LogP contribution in [0, 0.1) is 23.2 Å². The summed E-state index contributed by atoms with van der Waals surface area (Å²) >= 11 is 0. The van der Waals surface area contributed by atoms with Gasteiger partial charge in [-0.1, -0.05) is 38.3 Å². The second-order valence-electron chi connectivity index (χ2n) is 8.25. The number of rotatable bonds is 5. The average Bonchev–Trinajstić information content (AvgIpc) is 2.81. The minimum atomic E-state index is -0.148. The van der Waals surface area contributed by atoms with Gasteiger partial charge in [-0.05, 0) is 62.7 Å². The summed E-state index contributed by atoms with van der Waals surface area (Å²) in [5.74, 6) is 2.64. The fourth-order valence-electron chi connectivity index (χ4n) is 5.48. The lowest BCUT2D eigenvalue weighted by Gasteiger charge is -2.47. The Kier molecular flexibility index (Phi) is 4.77. The number of allylic oxidation sites excluding steroid dienone is 1. The normalized spacial score (nSPS) is 39.1. The minimum Gasteiger partial charge on any atom is -0.393 e. The van der Waals surface area contributed by atoms with Crippen LogP contribution in [0.1, 0.15) is 78.1 Å².